The third kappa shape index (κ3) is 30.0. The Morgan fingerprint density at radius 2 is 0.852 bits per heavy atom. The van der Waals surface area contributed by atoms with Crippen LogP contribution >= 0.6 is 0 Å². The molecule has 9 atom stereocenters. The van der Waals surface area contributed by atoms with Crippen LogP contribution in [0.25, 0.3) is 0 Å². The van der Waals surface area contributed by atoms with Crippen molar-refractivity contribution in [3.05, 3.63) is 0 Å². The van der Waals surface area contributed by atoms with Gasteiger partial charge in [0.15, 0.2) is 6.29 Å². The van der Waals surface area contributed by atoms with Crippen LogP contribution in [0.1, 0.15) is 245 Å². The van der Waals surface area contributed by atoms with Crippen LogP contribution in [0.15, 0.2) is 0 Å². The Hall–Kier alpha value is -0.890. The molecule has 0 spiro atoms. The van der Waals surface area contributed by atoms with Crippen LogP contribution in [0, 0.1) is 0 Å². The molecule has 11 heteroatoms. The Bertz CT molecular complexity index is 959. The number of ether oxygens (including phenoxy) is 2. The molecule has 364 valence electrons. The van der Waals surface area contributed by atoms with Crippen LogP contribution in [0.2, 0.25) is 0 Å². The summed E-state index contributed by atoms with van der Waals surface area (Å²) >= 11 is 0. The van der Waals surface area contributed by atoms with Crippen molar-refractivity contribution < 1.29 is 50.0 Å². The van der Waals surface area contributed by atoms with Gasteiger partial charge >= 0.3 is 0 Å². The second-order valence-electron chi connectivity index (χ2n) is 18.6. The van der Waals surface area contributed by atoms with Gasteiger partial charge in [0, 0.05) is 0 Å². The molecule has 1 amide bonds. The zero-order valence-corrected chi connectivity index (χ0v) is 39.4. The molecule has 0 aromatic heterocycles. The van der Waals surface area contributed by atoms with Crippen molar-refractivity contribution in [1.82, 2.24) is 5.32 Å². The average Bonchev–Trinajstić information content (AvgIpc) is 3.26. The van der Waals surface area contributed by atoms with Crippen LogP contribution in [-0.2, 0) is 14.3 Å². The molecule has 11 nitrogen and oxygen atoms in total. The second-order valence-corrected chi connectivity index (χ2v) is 18.6. The highest BCUT2D eigenvalue weighted by molar-refractivity contribution is 5.80. The molecule has 1 saturated heterocycles. The summed E-state index contributed by atoms with van der Waals surface area (Å²) in [6.45, 7) is 3.46. The van der Waals surface area contributed by atoms with Gasteiger partial charge in [-0.05, 0) is 12.8 Å². The predicted octanol–water partition coefficient (Wildman–Crippen LogP) is 9.45. The molecule has 8 N–H and O–H groups in total. The van der Waals surface area contributed by atoms with Gasteiger partial charge in [-0.15, -0.1) is 0 Å². The number of unbranched alkanes of at least 4 members (excludes halogenated alkanes) is 32. The number of aliphatic hydroxyl groups excluding tert-OH is 7. The lowest BCUT2D eigenvalue weighted by atomic mass is 9.98. The summed E-state index contributed by atoms with van der Waals surface area (Å²) < 4.78 is 11.1. The minimum atomic E-state index is -1.66. The summed E-state index contributed by atoms with van der Waals surface area (Å²) in [5.41, 5.74) is 0. The van der Waals surface area contributed by atoms with Crippen molar-refractivity contribution in [2.45, 2.75) is 300 Å². The fraction of sp³-hybridized carbons (Fsp3) is 0.980. The number of nitrogens with one attached hydrogen (secondary N) is 1. The molecule has 0 saturated carbocycles. The molecule has 0 aromatic carbocycles. The first-order valence-electron chi connectivity index (χ1n) is 25.9. The summed E-state index contributed by atoms with van der Waals surface area (Å²) in [5.74, 6) is -0.692. The van der Waals surface area contributed by atoms with E-state index in [1.165, 1.54) is 167 Å². The van der Waals surface area contributed by atoms with Crippen LogP contribution in [0.5, 0.6) is 0 Å². The Morgan fingerprint density at radius 3 is 1.21 bits per heavy atom. The first-order chi connectivity index (χ1) is 29.7. The lowest BCUT2D eigenvalue weighted by molar-refractivity contribution is -0.303. The van der Waals surface area contributed by atoms with Gasteiger partial charge in [0.2, 0.25) is 5.91 Å². The number of hydrogen-bond acceptors (Lipinski definition) is 10. The summed E-state index contributed by atoms with van der Waals surface area (Å²) in [7, 11) is 0. The molecule has 1 fully saturated rings. The SMILES string of the molecule is CCCCCCCCCCCCCCCCCCCCCCCCC(O)C(=O)NC(COC1OC(CO)C(O)C(O)C1O)C(O)C(O)CCCCCCCCCCCCCC. The van der Waals surface area contributed by atoms with E-state index in [9.17, 15) is 40.5 Å². The van der Waals surface area contributed by atoms with Gasteiger partial charge in [-0.2, -0.15) is 0 Å². The molecule has 0 radical (unpaired) electrons. The smallest absolute Gasteiger partial charge is 0.249 e. The quantitative estimate of drug-likeness (QED) is 0.0274. The Morgan fingerprint density at radius 1 is 0.508 bits per heavy atom. The van der Waals surface area contributed by atoms with Gasteiger partial charge in [0.25, 0.3) is 0 Å². The van der Waals surface area contributed by atoms with E-state index in [1.807, 2.05) is 0 Å². The van der Waals surface area contributed by atoms with Crippen LogP contribution in [0.3, 0.4) is 0 Å². The van der Waals surface area contributed by atoms with Gasteiger partial charge in [0.1, 0.15) is 36.6 Å². The molecule has 1 aliphatic rings. The number of hydrogen-bond donors (Lipinski definition) is 8. The minimum absolute atomic E-state index is 0.267. The van der Waals surface area contributed by atoms with Gasteiger partial charge in [0.05, 0.1) is 25.4 Å². The van der Waals surface area contributed by atoms with Crippen molar-refractivity contribution in [2.24, 2.45) is 0 Å². The summed E-state index contributed by atoms with van der Waals surface area (Å²) in [6, 6.07) is -1.16. The first-order valence-corrected chi connectivity index (χ1v) is 25.9. The fourth-order valence-corrected chi connectivity index (χ4v) is 8.62. The Kier molecular flexibility index (Phi) is 38.7. The fourth-order valence-electron chi connectivity index (χ4n) is 8.62. The molecule has 1 aliphatic heterocycles. The van der Waals surface area contributed by atoms with Gasteiger partial charge in [-0.1, -0.05) is 232 Å². The molecule has 0 aliphatic carbocycles. The van der Waals surface area contributed by atoms with E-state index in [0.717, 1.165) is 38.5 Å². The molecular weight excluding hydrogens is 775 g/mol. The highest BCUT2D eigenvalue weighted by Gasteiger charge is 2.44. The van der Waals surface area contributed by atoms with Crippen molar-refractivity contribution in [1.29, 1.82) is 0 Å². The molecule has 1 heterocycles. The summed E-state index contributed by atoms with van der Waals surface area (Å²) in [6.07, 6.45) is 31.6. The van der Waals surface area contributed by atoms with Crippen LogP contribution in [0.4, 0.5) is 0 Å². The number of rotatable bonds is 44. The minimum Gasteiger partial charge on any atom is -0.394 e. The second kappa shape index (κ2) is 40.6. The van der Waals surface area contributed by atoms with E-state index in [2.05, 4.69) is 19.2 Å². The Labute approximate surface area is 373 Å². The largest absolute Gasteiger partial charge is 0.394 e. The predicted molar refractivity (Wildman–Crippen MR) is 247 cm³/mol. The van der Waals surface area contributed by atoms with E-state index in [0.29, 0.717) is 19.3 Å². The maximum atomic E-state index is 13.1. The first kappa shape index (κ1) is 58.1. The highest BCUT2D eigenvalue weighted by Crippen LogP contribution is 2.23. The van der Waals surface area contributed by atoms with Crippen molar-refractivity contribution in [2.75, 3.05) is 13.2 Å². The number of aliphatic hydroxyl groups is 7. The third-order valence-electron chi connectivity index (χ3n) is 12.9. The lowest BCUT2D eigenvalue weighted by Crippen LogP contribution is -2.60. The number of carbonyl (C=O) groups excluding carboxylic acids is 1. The van der Waals surface area contributed by atoms with E-state index in [-0.39, 0.29) is 6.42 Å². The average molecular weight is 874 g/mol. The lowest BCUT2D eigenvalue weighted by Gasteiger charge is -2.40. The van der Waals surface area contributed by atoms with Gasteiger partial charge < -0.3 is 50.5 Å². The van der Waals surface area contributed by atoms with Crippen LogP contribution in [-0.4, -0.2) is 110 Å². The highest BCUT2D eigenvalue weighted by atomic mass is 16.7. The summed E-state index contributed by atoms with van der Waals surface area (Å²) in [4.78, 5) is 13.1. The van der Waals surface area contributed by atoms with Crippen molar-refractivity contribution in [3.8, 4) is 0 Å². The van der Waals surface area contributed by atoms with Gasteiger partial charge in [-0.3, -0.25) is 4.79 Å². The van der Waals surface area contributed by atoms with Crippen LogP contribution < -0.4 is 5.32 Å². The topological polar surface area (TPSA) is 189 Å². The molecular formula is C50H99NO10. The molecule has 61 heavy (non-hydrogen) atoms. The number of amides is 1. The monoisotopic (exact) mass is 874 g/mol. The zero-order chi connectivity index (χ0) is 44.8. The molecule has 9 unspecified atom stereocenters. The standard InChI is InChI=1S/C50H99NO10/c1-3-5-7-9-11-13-15-17-18-19-20-21-22-23-24-25-26-28-30-32-34-36-38-43(54)49(59)51-41(40-60-50-48(58)47(57)46(56)44(39-52)61-50)45(55)42(53)37-35-33-31-29-27-16-14-12-10-8-6-4-2/h41-48,50,52-58H,3-40H2,1-2H3,(H,51,59). The van der Waals surface area contributed by atoms with E-state index in [1.54, 1.807) is 0 Å². The molecule has 1 rings (SSSR count). The van der Waals surface area contributed by atoms with E-state index >= 15 is 0 Å². The van der Waals surface area contributed by atoms with E-state index in [4.69, 9.17) is 9.47 Å². The van der Waals surface area contributed by atoms with Crippen molar-refractivity contribution >= 4 is 5.91 Å². The maximum Gasteiger partial charge on any atom is 0.249 e. The number of carbonyl (C=O) groups is 1. The summed E-state index contributed by atoms with van der Waals surface area (Å²) in [5, 5.41) is 75.8. The maximum absolute atomic E-state index is 13.1. The molecule has 0 aromatic rings. The zero-order valence-electron chi connectivity index (χ0n) is 39.4. The third-order valence-corrected chi connectivity index (χ3v) is 12.9. The Balaban J connectivity index is 2.32. The van der Waals surface area contributed by atoms with E-state index < -0.39 is 74.2 Å². The molecule has 0 bridgehead atoms. The normalized spacial score (nSPS) is 21.4. The van der Waals surface area contributed by atoms with Crippen molar-refractivity contribution in [3.63, 3.8) is 0 Å². The van der Waals surface area contributed by atoms with Gasteiger partial charge in [-0.25, -0.2) is 0 Å².